The van der Waals surface area contributed by atoms with Gasteiger partial charge in [-0.05, 0) is 68.0 Å². The topological polar surface area (TPSA) is 66.5 Å². The number of sulfonamides is 1. The maximum absolute atomic E-state index is 12.7. The van der Waals surface area contributed by atoms with Crippen LogP contribution in [-0.2, 0) is 14.8 Å². The Morgan fingerprint density at radius 3 is 2.29 bits per heavy atom. The fourth-order valence-corrected chi connectivity index (χ4v) is 4.07. The summed E-state index contributed by atoms with van der Waals surface area (Å²) in [6, 6.07) is 11.4. The number of benzene rings is 2. The Balaban J connectivity index is 2.26. The highest BCUT2D eigenvalue weighted by molar-refractivity contribution is 7.92. The number of carbonyl (C=O) groups excluding carboxylic acids is 1. The maximum atomic E-state index is 12.7. The molecule has 1 N–H and O–H groups in total. The molecule has 152 valence electrons. The molecule has 2 aromatic rings. The third-order valence-corrected chi connectivity index (χ3v) is 6.34. The molecule has 2 aromatic carbocycles. The van der Waals surface area contributed by atoms with Gasteiger partial charge in [0.05, 0.1) is 18.0 Å². The molecule has 0 saturated carbocycles. The summed E-state index contributed by atoms with van der Waals surface area (Å²) in [5.41, 5.74) is 5.75. The van der Waals surface area contributed by atoms with E-state index in [1.165, 1.54) is 15.4 Å². The van der Waals surface area contributed by atoms with Crippen molar-refractivity contribution in [3.63, 3.8) is 0 Å². The summed E-state index contributed by atoms with van der Waals surface area (Å²) >= 11 is 0. The van der Waals surface area contributed by atoms with Crippen LogP contribution in [0.1, 0.15) is 47.2 Å². The highest BCUT2D eigenvalue weighted by Crippen LogP contribution is 2.25. The first kappa shape index (κ1) is 22.0. The van der Waals surface area contributed by atoms with Gasteiger partial charge in [0.25, 0.3) is 0 Å². The summed E-state index contributed by atoms with van der Waals surface area (Å²) in [7, 11) is -3.60. The van der Waals surface area contributed by atoms with Gasteiger partial charge < -0.3 is 5.32 Å². The summed E-state index contributed by atoms with van der Waals surface area (Å²) in [6.07, 6.45) is 1.85. The molecular weight excluding hydrogens is 372 g/mol. The van der Waals surface area contributed by atoms with Crippen LogP contribution in [-0.4, -0.2) is 27.1 Å². The van der Waals surface area contributed by atoms with Gasteiger partial charge in [0.2, 0.25) is 15.9 Å². The van der Waals surface area contributed by atoms with Crippen LogP contribution in [0.4, 0.5) is 5.69 Å². The highest BCUT2D eigenvalue weighted by Gasteiger charge is 2.24. The molecule has 6 heteroatoms. The van der Waals surface area contributed by atoms with Gasteiger partial charge in [0, 0.05) is 0 Å². The quantitative estimate of drug-likeness (QED) is 0.762. The third-order valence-electron chi connectivity index (χ3n) is 5.21. The van der Waals surface area contributed by atoms with E-state index in [1.807, 2.05) is 52.8 Å². The van der Waals surface area contributed by atoms with Gasteiger partial charge in [-0.3, -0.25) is 9.10 Å². The minimum absolute atomic E-state index is 0.160. The molecule has 1 atom stereocenters. The Morgan fingerprint density at radius 2 is 1.71 bits per heavy atom. The van der Waals surface area contributed by atoms with Crippen LogP contribution in [0.15, 0.2) is 36.4 Å². The molecule has 2 rings (SSSR count). The number of carbonyl (C=O) groups is 1. The normalized spacial score (nSPS) is 12.5. The Morgan fingerprint density at radius 1 is 1.04 bits per heavy atom. The molecule has 1 amide bonds. The third kappa shape index (κ3) is 5.13. The first-order chi connectivity index (χ1) is 13.0. The van der Waals surface area contributed by atoms with Crippen LogP contribution in [0.3, 0.4) is 0 Å². The zero-order valence-corrected chi connectivity index (χ0v) is 18.4. The Hall–Kier alpha value is -2.34. The van der Waals surface area contributed by atoms with Gasteiger partial charge in [-0.1, -0.05) is 37.3 Å². The summed E-state index contributed by atoms with van der Waals surface area (Å²) in [5, 5.41) is 2.99. The van der Waals surface area contributed by atoms with Crippen LogP contribution in [0, 0.1) is 27.7 Å². The first-order valence-corrected chi connectivity index (χ1v) is 11.3. The largest absolute Gasteiger partial charge is 0.348 e. The van der Waals surface area contributed by atoms with Crippen molar-refractivity contribution in [3.8, 4) is 0 Å². The lowest BCUT2D eigenvalue weighted by molar-refractivity contribution is -0.120. The second-order valence-corrected chi connectivity index (χ2v) is 9.27. The molecule has 0 aliphatic rings. The minimum atomic E-state index is -3.60. The average molecular weight is 403 g/mol. The number of aryl methyl sites for hydroxylation is 3. The standard InChI is InChI=1S/C22H30N2O3S/c1-7-20(19-12-11-15(2)17(4)13-19)23-22(25)14-24(28(6,26)27)21-10-8-9-16(3)18(21)5/h8-13,20H,7,14H2,1-6H3,(H,23,25). The van der Waals surface area contributed by atoms with Crippen molar-refractivity contribution in [2.45, 2.75) is 47.1 Å². The minimum Gasteiger partial charge on any atom is -0.348 e. The fraction of sp³-hybridized carbons (Fsp3) is 0.409. The second-order valence-electron chi connectivity index (χ2n) is 7.36. The molecule has 0 saturated heterocycles. The van der Waals surface area contributed by atoms with Gasteiger partial charge in [-0.15, -0.1) is 0 Å². The number of anilines is 1. The van der Waals surface area contributed by atoms with E-state index in [0.29, 0.717) is 5.69 Å². The predicted molar refractivity (Wildman–Crippen MR) is 115 cm³/mol. The number of amides is 1. The van der Waals surface area contributed by atoms with Crippen LogP contribution in [0.25, 0.3) is 0 Å². The molecule has 0 spiro atoms. The number of nitrogens with zero attached hydrogens (tertiary/aromatic N) is 1. The molecule has 1 unspecified atom stereocenters. The summed E-state index contributed by atoms with van der Waals surface area (Å²) in [6.45, 7) is 9.63. The summed E-state index contributed by atoms with van der Waals surface area (Å²) < 4.78 is 25.9. The van der Waals surface area contributed by atoms with Gasteiger partial charge in [0.1, 0.15) is 6.54 Å². The monoisotopic (exact) mass is 402 g/mol. The first-order valence-electron chi connectivity index (χ1n) is 9.45. The van der Waals surface area contributed by atoms with E-state index in [0.717, 1.165) is 29.4 Å². The molecular formula is C22H30N2O3S. The molecule has 5 nitrogen and oxygen atoms in total. The smallest absolute Gasteiger partial charge is 0.241 e. The zero-order chi connectivity index (χ0) is 21.1. The van der Waals surface area contributed by atoms with E-state index in [1.54, 1.807) is 12.1 Å². The van der Waals surface area contributed by atoms with Gasteiger partial charge in [-0.2, -0.15) is 0 Å². The van der Waals surface area contributed by atoms with E-state index in [9.17, 15) is 13.2 Å². The molecule has 0 fully saturated rings. The maximum Gasteiger partial charge on any atom is 0.241 e. The summed E-state index contributed by atoms with van der Waals surface area (Å²) in [5.74, 6) is -0.323. The van der Waals surface area contributed by atoms with Crippen molar-refractivity contribution in [2.24, 2.45) is 0 Å². The highest BCUT2D eigenvalue weighted by atomic mass is 32.2. The van der Waals surface area contributed by atoms with Gasteiger partial charge >= 0.3 is 0 Å². The van der Waals surface area contributed by atoms with E-state index in [2.05, 4.69) is 11.4 Å². The average Bonchev–Trinajstić information content (AvgIpc) is 2.62. The van der Waals surface area contributed by atoms with Crippen molar-refractivity contribution in [1.82, 2.24) is 5.32 Å². The van der Waals surface area contributed by atoms with Crippen molar-refractivity contribution in [3.05, 3.63) is 64.2 Å². The van der Waals surface area contributed by atoms with Crippen LogP contribution >= 0.6 is 0 Å². The SMILES string of the molecule is CCC(NC(=O)CN(c1cccc(C)c1C)S(C)(=O)=O)c1ccc(C)c(C)c1. The van der Waals surface area contributed by atoms with Crippen LogP contribution in [0.2, 0.25) is 0 Å². The fourth-order valence-electron chi connectivity index (χ4n) is 3.16. The van der Waals surface area contributed by atoms with Crippen LogP contribution in [0.5, 0.6) is 0 Å². The number of hydrogen-bond acceptors (Lipinski definition) is 3. The van der Waals surface area contributed by atoms with Crippen molar-refractivity contribution in [2.75, 3.05) is 17.1 Å². The van der Waals surface area contributed by atoms with E-state index in [-0.39, 0.29) is 18.5 Å². The number of nitrogens with one attached hydrogen (secondary N) is 1. The van der Waals surface area contributed by atoms with Crippen molar-refractivity contribution >= 4 is 21.6 Å². The van der Waals surface area contributed by atoms with Crippen molar-refractivity contribution < 1.29 is 13.2 Å². The summed E-state index contributed by atoms with van der Waals surface area (Å²) in [4.78, 5) is 12.7. The Kier molecular flexibility index (Phi) is 6.88. The van der Waals surface area contributed by atoms with Crippen LogP contribution < -0.4 is 9.62 Å². The van der Waals surface area contributed by atoms with Gasteiger partial charge in [0.15, 0.2) is 0 Å². The Bertz CT molecular complexity index is 968. The number of rotatable bonds is 7. The molecule has 0 aliphatic carbocycles. The lowest BCUT2D eigenvalue weighted by Gasteiger charge is -2.26. The van der Waals surface area contributed by atoms with E-state index >= 15 is 0 Å². The van der Waals surface area contributed by atoms with Crippen molar-refractivity contribution in [1.29, 1.82) is 0 Å². The van der Waals surface area contributed by atoms with E-state index < -0.39 is 10.0 Å². The Labute approximate surface area is 168 Å². The molecule has 0 aliphatic heterocycles. The molecule has 28 heavy (non-hydrogen) atoms. The molecule has 0 radical (unpaired) electrons. The predicted octanol–water partition coefficient (Wildman–Crippen LogP) is 3.95. The lowest BCUT2D eigenvalue weighted by atomic mass is 9.99. The molecule has 0 heterocycles. The lowest BCUT2D eigenvalue weighted by Crippen LogP contribution is -2.41. The zero-order valence-electron chi connectivity index (χ0n) is 17.5. The second kappa shape index (κ2) is 8.78. The molecule has 0 aromatic heterocycles. The number of hydrogen-bond donors (Lipinski definition) is 1. The van der Waals surface area contributed by atoms with E-state index in [4.69, 9.17) is 0 Å². The van der Waals surface area contributed by atoms with Gasteiger partial charge in [-0.25, -0.2) is 8.42 Å². The molecule has 0 bridgehead atoms.